The molecule has 0 unspecified atom stereocenters. The molecule has 0 aliphatic carbocycles. The summed E-state index contributed by atoms with van der Waals surface area (Å²) in [6.45, 7) is -0.302. The lowest BCUT2D eigenvalue weighted by molar-refractivity contribution is 0.282. The quantitative estimate of drug-likeness (QED) is 0.845. The van der Waals surface area contributed by atoms with Crippen LogP contribution >= 0.6 is 0 Å². The number of halogens is 2. The summed E-state index contributed by atoms with van der Waals surface area (Å²) in [5, 5.41) is 9.09. The fourth-order valence-electron chi connectivity index (χ4n) is 1.53. The lowest BCUT2D eigenvalue weighted by Gasteiger charge is -2.07. The third kappa shape index (κ3) is 2.06. The molecule has 82 valence electrons. The van der Waals surface area contributed by atoms with E-state index in [1.807, 2.05) is 0 Å². The number of hydrogen-bond donors (Lipinski definition) is 1. The summed E-state index contributed by atoms with van der Waals surface area (Å²) in [5.41, 5.74) is 1.51. The second kappa shape index (κ2) is 4.37. The van der Waals surface area contributed by atoms with Gasteiger partial charge in [0.05, 0.1) is 12.8 Å². The van der Waals surface area contributed by atoms with Gasteiger partial charge in [0.1, 0.15) is 11.6 Å². The number of nitrogens with zero attached hydrogens (tertiary/aromatic N) is 1. The van der Waals surface area contributed by atoms with Gasteiger partial charge < -0.3 is 5.11 Å². The van der Waals surface area contributed by atoms with Crippen molar-refractivity contribution in [3.05, 3.63) is 53.9 Å². The zero-order valence-corrected chi connectivity index (χ0v) is 8.32. The van der Waals surface area contributed by atoms with E-state index in [2.05, 4.69) is 4.98 Å². The van der Waals surface area contributed by atoms with Crippen LogP contribution in [0.15, 0.2) is 36.7 Å². The summed E-state index contributed by atoms with van der Waals surface area (Å²) in [6, 6.07) is 5.27. The zero-order chi connectivity index (χ0) is 11.5. The van der Waals surface area contributed by atoms with Gasteiger partial charge in [0.2, 0.25) is 0 Å². The Bertz CT molecular complexity index is 514. The molecule has 0 bridgehead atoms. The molecule has 0 radical (unpaired) electrons. The maximum Gasteiger partial charge on any atom is 0.142 e. The van der Waals surface area contributed by atoms with Crippen LogP contribution in [-0.4, -0.2) is 10.1 Å². The van der Waals surface area contributed by atoms with Gasteiger partial charge in [0.25, 0.3) is 0 Å². The lowest BCUT2D eigenvalue weighted by Crippen LogP contribution is -1.92. The van der Waals surface area contributed by atoms with Gasteiger partial charge in [-0.05, 0) is 29.3 Å². The van der Waals surface area contributed by atoms with Crippen LogP contribution in [0.5, 0.6) is 0 Å². The molecule has 0 spiro atoms. The molecule has 0 aliphatic rings. The van der Waals surface area contributed by atoms with Crippen molar-refractivity contribution < 1.29 is 13.9 Å². The van der Waals surface area contributed by atoms with Gasteiger partial charge in [-0.25, -0.2) is 8.78 Å². The summed E-state index contributed by atoms with van der Waals surface area (Å²) in [7, 11) is 0. The van der Waals surface area contributed by atoms with E-state index in [1.165, 1.54) is 30.5 Å². The third-order valence-electron chi connectivity index (χ3n) is 2.25. The molecule has 1 aromatic carbocycles. The van der Waals surface area contributed by atoms with Gasteiger partial charge in [0, 0.05) is 11.8 Å². The Morgan fingerprint density at radius 2 is 1.88 bits per heavy atom. The normalized spacial score (nSPS) is 10.4. The molecule has 1 heterocycles. The van der Waals surface area contributed by atoms with Gasteiger partial charge in [-0.2, -0.15) is 0 Å². The van der Waals surface area contributed by atoms with Crippen LogP contribution in [0.4, 0.5) is 8.78 Å². The van der Waals surface area contributed by atoms with Gasteiger partial charge in [-0.3, -0.25) is 4.98 Å². The Labute approximate surface area is 91.2 Å². The second-order valence-corrected chi connectivity index (χ2v) is 3.35. The number of rotatable bonds is 2. The number of aromatic nitrogens is 1. The molecule has 4 heteroatoms. The topological polar surface area (TPSA) is 33.1 Å². The minimum Gasteiger partial charge on any atom is -0.392 e. The van der Waals surface area contributed by atoms with Crippen LogP contribution < -0.4 is 0 Å². The molecule has 0 atom stereocenters. The average molecular weight is 221 g/mol. The fraction of sp³-hybridized carbons (Fsp3) is 0.0833. The number of hydrogen-bond acceptors (Lipinski definition) is 2. The van der Waals surface area contributed by atoms with Gasteiger partial charge in [-0.15, -0.1) is 0 Å². The molecule has 1 N–H and O–H groups in total. The van der Waals surface area contributed by atoms with E-state index in [0.717, 1.165) is 6.20 Å². The number of aliphatic hydroxyl groups is 1. The van der Waals surface area contributed by atoms with Crippen molar-refractivity contribution in [3.63, 3.8) is 0 Å². The first-order valence-corrected chi connectivity index (χ1v) is 4.71. The summed E-state index contributed by atoms with van der Waals surface area (Å²) >= 11 is 0. The first kappa shape index (κ1) is 10.7. The molecule has 0 amide bonds. The van der Waals surface area contributed by atoms with E-state index >= 15 is 0 Å². The molecule has 2 nitrogen and oxygen atoms in total. The molecular formula is C12H9F2NO. The Hall–Kier alpha value is -1.81. The number of benzene rings is 1. The predicted octanol–water partition coefficient (Wildman–Crippen LogP) is 2.52. The zero-order valence-electron chi connectivity index (χ0n) is 8.32. The number of pyridine rings is 1. The smallest absolute Gasteiger partial charge is 0.142 e. The first-order valence-electron chi connectivity index (χ1n) is 4.71. The van der Waals surface area contributed by atoms with Crippen LogP contribution in [0.2, 0.25) is 0 Å². The molecule has 0 aliphatic heterocycles. The summed E-state index contributed by atoms with van der Waals surface area (Å²) in [4.78, 5) is 3.71. The first-order chi connectivity index (χ1) is 7.70. The van der Waals surface area contributed by atoms with E-state index in [0.29, 0.717) is 16.7 Å². The van der Waals surface area contributed by atoms with E-state index in [1.54, 1.807) is 0 Å². The minimum absolute atomic E-state index is 0.302. The highest BCUT2D eigenvalue weighted by atomic mass is 19.1. The number of aliphatic hydroxyl groups excluding tert-OH is 1. The van der Waals surface area contributed by atoms with E-state index < -0.39 is 11.6 Å². The van der Waals surface area contributed by atoms with Crippen molar-refractivity contribution in [2.45, 2.75) is 6.61 Å². The molecule has 0 saturated heterocycles. The van der Waals surface area contributed by atoms with Gasteiger partial charge in [0.15, 0.2) is 0 Å². The molecule has 1 aromatic heterocycles. The van der Waals surface area contributed by atoms with Crippen molar-refractivity contribution in [3.8, 4) is 11.1 Å². The molecule has 2 aromatic rings. The van der Waals surface area contributed by atoms with Crippen LogP contribution in [0, 0.1) is 11.6 Å². The molecule has 2 rings (SSSR count). The molecule has 0 fully saturated rings. The average Bonchev–Trinajstić information content (AvgIpc) is 2.28. The molecule has 0 saturated carbocycles. The van der Waals surface area contributed by atoms with Crippen molar-refractivity contribution in [1.29, 1.82) is 0 Å². The van der Waals surface area contributed by atoms with E-state index in [9.17, 15) is 8.78 Å². The maximum atomic E-state index is 13.0. The SMILES string of the molecule is OCc1cc(F)ccc1-c1cncc(F)c1. The van der Waals surface area contributed by atoms with Crippen molar-refractivity contribution >= 4 is 0 Å². The highest BCUT2D eigenvalue weighted by Gasteiger charge is 2.06. The monoisotopic (exact) mass is 221 g/mol. The van der Waals surface area contributed by atoms with Crippen molar-refractivity contribution in [1.82, 2.24) is 4.98 Å². The third-order valence-corrected chi connectivity index (χ3v) is 2.25. The van der Waals surface area contributed by atoms with E-state index in [-0.39, 0.29) is 6.61 Å². The van der Waals surface area contributed by atoms with Gasteiger partial charge in [-0.1, -0.05) is 6.07 Å². The van der Waals surface area contributed by atoms with Crippen LogP contribution in [0.3, 0.4) is 0 Å². The fourth-order valence-corrected chi connectivity index (χ4v) is 1.53. The maximum absolute atomic E-state index is 13.0. The van der Waals surface area contributed by atoms with Crippen LogP contribution in [0.1, 0.15) is 5.56 Å². The van der Waals surface area contributed by atoms with Crippen molar-refractivity contribution in [2.75, 3.05) is 0 Å². The lowest BCUT2D eigenvalue weighted by atomic mass is 10.0. The Morgan fingerprint density at radius 1 is 1.06 bits per heavy atom. The predicted molar refractivity (Wildman–Crippen MR) is 55.5 cm³/mol. The molecule has 16 heavy (non-hydrogen) atoms. The Kier molecular flexibility index (Phi) is 2.92. The summed E-state index contributed by atoms with van der Waals surface area (Å²) in [6.07, 6.45) is 2.56. The summed E-state index contributed by atoms with van der Waals surface area (Å²) < 4.78 is 25.9. The van der Waals surface area contributed by atoms with Gasteiger partial charge >= 0.3 is 0 Å². The molecular weight excluding hydrogens is 212 g/mol. The highest BCUT2D eigenvalue weighted by molar-refractivity contribution is 5.66. The van der Waals surface area contributed by atoms with Crippen molar-refractivity contribution in [2.24, 2.45) is 0 Å². The largest absolute Gasteiger partial charge is 0.392 e. The summed E-state index contributed by atoms with van der Waals surface area (Å²) in [5.74, 6) is -0.900. The second-order valence-electron chi connectivity index (χ2n) is 3.35. The Balaban J connectivity index is 2.55. The van der Waals surface area contributed by atoms with Crippen LogP contribution in [0.25, 0.3) is 11.1 Å². The standard InChI is InChI=1S/C12H9F2NO/c13-10-1-2-12(9(4-10)7-16)8-3-11(14)6-15-5-8/h1-6,16H,7H2. The Morgan fingerprint density at radius 3 is 2.56 bits per heavy atom. The highest BCUT2D eigenvalue weighted by Crippen LogP contribution is 2.24. The van der Waals surface area contributed by atoms with Crippen LogP contribution in [-0.2, 0) is 6.61 Å². The minimum atomic E-state index is -0.467. The van der Waals surface area contributed by atoms with E-state index in [4.69, 9.17) is 5.11 Å².